The lowest BCUT2D eigenvalue weighted by Gasteiger charge is -2.25. The van der Waals surface area contributed by atoms with Crippen molar-refractivity contribution in [3.63, 3.8) is 0 Å². The number of para-hydroxylation sites is 1. The van der Waals surface area contributed by atoms with Gasteiger partial charge in [-0.3, -0.25) is 9.78 Å². The second-order valence-electron chi connectivity index (χ2n) is 7.37. The van der Waals surface area contributed by atoms with E-state index in [4.69, 9.17) is 9.72 Å². The van der Waals surface area contributed by atoms with Crippen molar-refractivity contribution in [2.45, 2.75) is 31.7 Å². The molecule has 2 heterocycles. The van der Waals surface area contributed by atoms with Gasteiger partial charge in [-0.15, -0.1) is 0 Å². The van der Waals surface area contributed by atoms with Crippen LogP contribution in [-0.4, -0.2) is 28.9 Å². The summed E-state index contributed by atoms with van der Waals surface area (Å²) in [6, 6.07) is 26.2. The second-order valence-corrected chi connectivity index (χ2v) is 7.37. The van der Waals surface area contributed by atoms with Crippen LogP contribution in [0.15, 0.2) is 78.9 Å². The first-order valence-electron chi connectivity index (χ1n) is 10.3. The van der Waals surface area contributed by atoms with Crippen LogP contribution in [0.25, 0.3) is 0 Å². The molecule has 1 aliphatic rings. The first-order chi connectivity index (χ1) is 14.3. The minimum absolute atomic E-state index is 0.0648. The largest absolute Gasteiger partial charge is 0.493 e. The zero-order chi connectivity index (χ0) is 19.9. The summed E-state index contributed by atoms with van der Waals surface area (Å²) in [4.78, 5) is 19.7. The van der Waals surface area contributed by atoms with Crippen LogP contribution in [0.1, 0.15) is 42.3 Å². The number of hydrogen-bond acceptors (Lipinski definition) is 3. The smallest absolute Gasteiger partial charge is 0.226 e. The van der Waals surface area contributed by atoms with Crippen molar-refractivity contribution in [2.24, 2.45) is 0 Å². The van der Waals surface area contributed by atoms with Crippen LogP contribution >= 0.6 is 0 Å². The Kier molecular flexibility index (Phi) is 6.20. The van der Waals surface area contributed by atoms with Crippen molar-refractivity contribution in [3.05, 3.63) is 95.8 Å². The molecule has 4 heteroatoms. The molecule has 0 N–H and O–H groups in total. The zero-order valence-corrected chi connectivity index (χ0v) is 16.5. The number of pyridine rings is 1. The van der Waals surface area contributed by atoms with Gasteiger partial charge in [0.25, 0.3) is 0 Å². The van der Waals surface area contributed by atoms with Gasteiger partial charge in [-0.2, -0.15) is 0 Å². The van der Waals surface area contributed by atoms with Gasteiger partial charge in [-0.1, -0.05) is 54.6 Å². The molecule has 1 amide bonds. The molecule has 29 heavy (non-hydrogen) atoms. The molecule has 1 aliphatic heterocycles. The first-order valence-corrected chi connectivity index (χ1v) is 10.3. The Balaban J connectivity index is 1.38. The van der Waals surface area contributed by atoms with Crippen molar-refractivity contribution in [3.8, 4) is 5.75 Å². The fourth-order valence-corrected chi connectivity index (χ4v) is 3.88. The van der Waals surface area contributed by atoms with Gasteiger partial charge in [-0.25, -0.2) is 0 Å². The van der Waals surface area contributed by atoms with Gasteiger partial charge < -0.3 is 9.64 Å². The van der Waals surface area contributed by atoms with Crippen LogP contribution in [0.3, 0.4) is 0 Å². The quantitative estimate of drug-likeness (QED) is 0.585. The van der Waals surface area contributed by atoms with Crippen LogP contribution in [0.5, 0.6) is 5.75 Å². The molecule has 0 saturated carbocycles. The van der Waals surface area contributed by atoms with E-state index in [0.29, 0.717) is 13.0 Å². The lowest BCUT2D eigenvalue weighted by Crippen LogP contribution is -2.32. The highest BCUT2D eigenvalue weighted by atomic mass is 16.5. The number of aromatic nitrogens is 1. The minimum Gasteiger partial charge on any atom is -0.493 e. The van der Waals surface area contributed by atoms with Crippen molar-refractivity contribution in [1.29, 1.82) is 0 Å². The number of hydrogen-bond donors (Lipinski definition) is 0. The van der Waals surface area contributed by atoms with Gasteiger partial charge in [-0.05, 0) is 42.7 Å². The summed E-state index contributed by atoms with van der Waals surface area (Å²) in [6.07, 6.45) is 3.17. The topological polar surface area (TPSA) is 42.4 Å². The number of carbonyl (C=O) groups is 1. The summed E-state index contributed by atoms with van der Waals surface area (Å²) in [7, 11) is 0. The Morgan fingerprint density at radius 1 is 0.966 bits per heavy atom. The fraction of sp³-hybridized carbons (Fsp3) is 0.280. The highest BCUT2D eigenvalue weighted by molar-refractivity contribution is 5.77. The molecular weight excluding hydrogens is 360 g/mol. The van der Waals surface area contributed by atoms with E-state index in [0.717, 1.165) is 42.9 Å². The number of amides is 1. The molecule has 4 rings (SSSR count). The molecule has 2 aromatic carbocycles. The summed E-state index contributed by atoms with van der Waals surface area (Å²) >= 11 is 0. The molecule has 1 fully saturated rings. The predicted octanol–water partition coefficient (Wildman–Crippen LogP) is 4.81. The van der Waals surface area contributed by atoms with Crippen LogP contribution in [0, 0.1) is 0 Å². The van der Waals surface area contributed by atoms with E-state index in [1.165, 1.54) is 5.56 Å². The number of likely N-dealkylation sites (tertiary alicyclic amines) is 1. The standard InChI is InChI=1S/C25H26N2O2/c28-25(16-18-29-22-12-5-2-6-13-22)27-17-8-15-24(27)23-14-7-11-21(26-23)19-20-9-3-1-4-10-20/h1-7,9-14,24H,8,15-19H2/t24-/m0/s1. The molecule has 0 bridgehead atoms. The molecule has 0 spiro atoms. The van der Waals surface area contributed by atoms with E-state index >= 15 is 0 Å². The van der Waals surface area contributed by atoms with Crippen LogP contribution in [0.2, 0.25) is 0 Å². The molecule has 148 valence electrons. The van der Waals surface area contributed by atoms with Gasteiger partial charge in [0.15, 0.2) is 0 Å². The second kappa shape index (κ2) is 9.37. The Labute approximate surface area is 172 Å². The SMILES string of the molecule is O=C(CCOc1ccccc1)N1CCC[C@H]1c1cccc(Cc2ccccc2)n1. The number of benzene rings is 2. The van der Waals surface area contributed by atoms with Crippen LogP contribution in [0.4, 0.5) is 0 Å². The maximum Gasteiger partial charge on any atom is 0.226 e. The molecule has 4 nitrogen and oxygen atoms in total. The number of rotatable bonds is 7. The zero-order valence-electron chi connectivity index (χ0n) is 16.5. The molecular formula is C25H26N2O2. The average molecular weight is 386 g/mol. The fourth-order valence-electron chi connectivity index (χ4n) is 3.88. The summed E-state index contributed by atoms with van der Waals surface area (Å²) in [5.41, 5.74) is 3.28. The van der Waals surface area contributed by atoms with Crippen molar-refractivity contribution < 1.29 is 9.53 Å². The normalized spacial score (nSPS) is 16.0. The third kappa shape index (κ3) is 5.02. The summed E-state index contributed by atoms with van der Waals surface area (Å²) in [5, 5.41) is 0. The van der Waals surface area contributed by atoms with E-state index < -0.39 is 0 Å². The van der Waals surface area contributed by atoms with Gasteiger partial charge >= 0.3 is 0 Å². The molecule has 1 atom stereocenters. The van der Waals surface area contributed by atoms with Crippen molar-refractivity contribution >= 4 is 5.91 Å². The third-order valence-corrected chi connectivity index (χ3v) is 5.30. The maximum atomic E-state index is 12.8. The Bertz CT molecular complexity index is 928. The highest BCUT2D eigenvalue weighted by Crippen LogP contribution is 2.31. The predicted molar refractivity (Wildman–Crippen MR) is 114 cm³/mol. The first kappa shape index (κ1) is 19.2. The maximum absolute atomic E-state index is 12.8. The monoisotopic (exact) mass is 386 g/mol. The van der Waals surface area contributed by atoms with Crippen LogP contribution in [-0.2, 0) is 11.2 Å². The number of nitrogens with zero attached hydrogens (tertiary/aromatic N) is 2. The molecule has 1 aromatic heterocycles. The van der Waals surface area contributed by atoms with E-state index in [2.05, 4.69) is 24.3 Å². The van der Waals surface area contributed by atoms with Gasteiger partial charge in [0, 0.05) is 18.7 Å². The van der Waals surface area contributed by atoms with E-state index in [1.807, 2.05) is 59.5 Å². The van der Waals surface area contributed by atoms with Gasteiger partial charge in [0.05, 0.1) is 24.8 Å². The summed E-state index contributed by atoms with van der Waals surface area (Å²) < 4.78 is 5.70. The number of carbonyl (C=O) groups excluding carboxylic acids is 1. The molecule has 0 unspecified atom stereocenters. The Morgan fingerprint density at radius 3 is 2.52 bits per heavy atom. The van der Waals surface area contributed by atoms with Gasteiger partial charge in [0.2, 0.25) is 5.91 Å². The van der Waals surface area contributed by atoms with Gasteiger partial charge in [0.1, 0.15) is 5.75 Å². The van der Waals surface area contributed by atoms with E-state index in [1.54, 1.807) is 0 Å². The lowest BCUT2D eigenvalue weighted by atomic mass is 10.1. The highest BCUT2D eigenvalue weighted by Gasteiger charge is 2.30. The molecule has 0 aliphatic carbocycles. The Hall–Kier alpha value is -3.14. The van der Waals surface area contributed by atoms with Crippen LogP contribution < -0.4 is 4.74 Å². The third-order valence-electron chi connectivity index (χ3n) is 5.30. The average Bonchev–Trinajstić information content (AvgIpc) is 3.26. The lowest BCUT2D eigenvalue weighted by molar-refractivity contribution is -0.132. The Morgan fingerprint density at radius 2 is 1.72 bits per heavy atom. The molecule has 0 radical (unpaired) electrons. The molecule has 3 aromatic rings. The van der Waals surface area contributed by atoms with Crippen molar-refractivity contribution in [2.75, 3.05) is 13.2 Å². The summed E-state index contributed by atoms with van der Waals surface area (Å²) in [6.45, 7) is 1.19. The van der Waals surface area contributed by atoms with E-state index in [9.17, 15) is 4.79 Å². The molecule has 1 saturated heterocycles. The minimum atomic E-state index is 0.0648. The van der Waals surface area contributed by atoms with E-state index in [-0.39, 0.29) is 11.9 Å². The summed E-state index contributed by atoms with van der Waals surface area (Å²) in [5.74, 6) is 0.937. The number of ether oxygens (including phenoxy) is 1. The van der Waals surface area contributed by atoms with Crippen molar-refractivity contribution in [1.82, 2.24) is 9.88 Å².